The Morgan fingerprint density at radius 3 is 2.36 bits per heavy atom. The van der Waals surface area contributed by atoms with Crippen LogP contribution < -0.4 is 0 Å². The minimum Gasteiger partial charge on any atom is -0.513 e. The molecule has 2 aliphatic rings. The molecule has 2 atom stereocenters. The standard InChI is InChI=1S/C12H22OSi/c1-11(2)10-7-6-9(13)8-12(10,11)14(3,4)5/h8,10,13H,6-7H2,1-5H3. The molecule has 1 N–H and O–H groups in total. The highest BCUT2D eigenvalue weighted by molar-refractivity contribution is 6.81. The Morgan fingerprint density at radius 1 is 1.36 bits per heavy atom. The van der Waals surface area contributed by atoms with Crippen LogP contribution in [-0.2, 0) is 0 Å². The fourth-order valence-electron chi connectivity index (χ4n) is 4.11. The van der Waals surface area contributed by atoms with Gasteiger partial charge in [0.05, 0.1) is 13.8 Å². The Kier molecular flexibility index (Phi) is 1.81. The lowest BCUT2D eigenvalue weighted by Crippen LogP contribution is -2.33. The molecule has 0 aromatic rings. The van der Waals surface area contributed by atoms with Gasteiger partial charge in [0.1, 0.15) is 0 Å². The van der Waals surface area contributed by atoms with E-state index in [0.717, 1.165) is 12.3 Å². The van der Waals surface area contributed by atoms with Crippen LogP contribution in [0.3, 0.4) is 0 Å². The quantitative estimate of drug-likeness (QED) is 0.650. The van der Waals surface area contributed by atoms with Crippen LogP contribution in [0.1, 0.15) is 26.7 Å². The molecule has 1 nitrogen and oxygen atoms in total. The van der Waals surface area contributed by atoms with Gasteiger partial charge in [0.25, 0.3) is 0 Å². The summed E-state index contributed by atoms with van der Waals surface area (Å²) in [5.41, 5.74) is 0.432. The van der Waals surface area contributed by atoms with Gasteiger partial charge in [-0.1, -0.05) is 33.5 Å². The van der Waals surface area contributed by atoms with Gasteiger partial charge in [-0.25, -0.2) is 0 Å². The van der Waals surface area contributed by atoms with Crippen LogP contribution in [0, 0.1) is 11.3 Å². The molecule has 0 spiro atoms. The van der Waals surface area contributed by atoms with Crippen LogP contribution in [0.15, 0.2) is 11.8 Å². The van der Waals surface area contributed by atoms with Crippen molar-refractivity contribution in [2.24, 2.45) is 11.3 Å². The predicted octanol–water partition coefficient (Wildman–Crippen LogP) is 3.96. The van der Waals surface area contributed by atoms with Crippen molar-refractivity contribution in [3.05, 3.63) is 11.8 Å². The van der Waals surface area contributed by atoms with Gasteiger partial charge in [-0.15, -0.1) is 0 Å². The van der Waals surface area contributed by atoms with Gasteiger partial charge in [-0.2, -0.15) is 0 Å². The molecule has 1 saturated carbocycles. The molecule has 2 aliphatic carbocycles. The van der Waals surface area contributed by atoms with Crippen LogP contribution in [0.2, 0.25) is 24.7 Å². The summed E-state index contributed by atoms with van der Waals surface area (Å²) >= 11 is 0. The first-order valence-corrected chi connectivity index (χ1v) is 9.14. The summed E-state index contributed by atoms with van der Waals surface area (Å²) in [6.07, 6.45) is 4.31. The van der Waals surface area contributed by atoms with Crippen molar-refractivity contribution in [2.75, 3.05) is 0 Å². The van der Waals surface area contributed by atoms with Crippen molar-refractivity contribution in [3.63, 3.8) is 0 Å². The number of aliphatic hydroxyl groups excluding tert-OH is 1. The maximum Gasteiger partial charge on any atom is 0.0886 e. The molecule has 14 heavy (non-hydrogen) atoms. The molecule has 0 saturated heterocycles. The third-order valence-corrected chi connectivity index (χ3v) is 8.35. The zero-order valence-electron chi connectivity index (χ0n) is 10.0. The molecule has 1 fully saturated rings. The van der Waals surface area contributed by atoms with E-state index in [2.05, 4.69) is 39.6 Å². The van der Waals surface area contributed by atoms with Crippen LogP contribution in [-0.4, -0.2) is 13.2 Å². The molecule has 0 bridgehead atoms. The summed E-state index contributed by atoms with van der Waals surface area (Å²) in [4.78, 5) is 0. The van der Waals surface area contributed by atoms with Crippen molar-refractivity contribution in [1.82, 2.24) is 0 Å². The molecule has 2 heteroatoms. The first kappa shape index (κ1) is 10.3. The smallest absolute Gasteiger partial charge is 0.0886 e. The first-order valence-electron chi connectivity index (χ1n) is 5.64. The Morgan fingerprint density at radius 2 is 1.93 bits per heavy atom. The largest absolute Gasteiger partial charge is 0.513 e. The van der Waals surface area contributed by atoms with E-state index >= 15 is 0 Å². The number of hydrogen-bond donors (Lipinski definition) is 1. The fourth-order valence-corrected chi connectivity index (χ4v) is 8.30. The van der Waals surface area contributed by atoms with Crippen molar-refractivity contribution in [2.45, 2.75) is 51.4 Å². The van der Waals surface area contributed by atoms with Gasteiger partial charge >= 0.3 is 0 Å². The minimum absolute atomic E-state index is 0.377. The zero-order chi connectivity index (χ0) is 10.8. The molecule has 0 heterocycles. The van der Waals surface area contributed by atoms with Crippen LogP contribution in [0.4, 0.5) is 0 Å². The van der Waals surface area contributed by atoms with Crippen molar-refractivity contribution in [3.8, 4) is 0 Å². The normalized spacial score (nSPS) is 40.1. The highest BCUT2D eigenvalue weighted by Gasteiger charge is 2.74. The zero-order valence-corrected chi connectivity index (χ0v) is 11.0. The minimum atomic E-state index is -1.22. The first-order chi connectivity index (χ1) is 6.23. The van der Waals surface area contributed by atoms with E-state index in [9.17, 15) is 5.11 Å². The molecule has 2 unspecified atom stereocenters. The Hall–Kier alpha value is -0.243. The second-order valence-corrected chi connectivity index (χ2v) is 11.9. The van der Waals surface area contributed by atoms with E-state index in [0.29, 0.717) is 16.2 Å². The van der Waals surface area contributed by atoms with Gasteiger partial charge in [0, 0.05) is 6.42 Å². The van der Waals surface area contributed by atoms with Crippen molar-refractivity contribution >= 4 is 8.07 Å². The molecule has 2 rings (SSSR count). The highest BCUT2D eigenvalue weighted by atomic mass is 28.3. The highest BCUT2D eigenvalue weighted by Crippen LogP contribution is 2.82. The Balaban J connectivity index is 2.47. The third-order valence-electron chi connectivity index (χ3n) is 4.73. The van der Waals surface area contributed by atoms with Crippen LogP contribution in [0.25, 0.3) is 0 Å². The molecule has 0 amide bonds. The monoisotopic (exact) mass is 210 g/mol. The molecule has 0 aromatic heterocycles. The van der Waals surface area contributed by atoms with Gasteiger partial charge in [-0.05, 0) is 28.9 Å². The van der Waals surface area contributed by atoms with Crippen LogP contribution >= 0.6 is 0 Å². The number of fused-ring (bicyclic) bond motifs is 1. The molecule has 0 aromatic carbocycles. The molecule has 0 radical (unpaired) electrons. The summed E-state index contributed by atoms with van der Waals surface area (Å²) in [7, 11) is -1.22. The topological polar surface area (TPSA) is 20.2 Å². The lowest BCUT2D eigenvalue weighted by atomic mass is 10.1. The Bertz CT molecular complexity index is 298. The maximum absolute atomic E-state index is 9.75. The number of aliphatic hydroxyl groups is 1. The molecule has 0 aliphatic heterocycles. The fraction of sp³-hybridized carbons (Fsp3) is 0.833. The van der Waals surface area contributed by atoms with Crippen molar-refractivity contribution in [1.29, 1.82) is 0 Å². The van der Waals surface area contributed by atoms with E-state index < -0.39 is 8.07 Å². The van der Waals surface area contributed by atoms with Crippen molar-refractivity contribution < 1.29 is 5.11 Å². The van der Waals surface area contributed by atoms with Gasteiger partial charge < -0.3 is 5.11 Å². The van der Waals surface area contributed by atoms with Gasteiger partial charge in [-0.3, -0.25) is 0 Å². The maximum atomic E-state index is 9.75. The molecular weight excluding hydrogens is 188 g/mol. The summed E-state index contributed by atoms with van der Waals surface area (Å²) in [6, 6.07) is 0. The average molecular weight is 210 g/mol. The second-order valence-electron chi connectivity index (χ2n) is 6.57. The van der Waals surface area contributed by atoms with Gasteiger partial charge in [0.15, 0.2) is 0 Å². The van der Waals surface area contributed by atoms with E-state index in [4.69, 9.17) is 0 Å². The lowest BCUT2D eigenvalue weighted by molar-refractivity contribution is 0.364. The van der Waals surface area contributed by atoms with E-state index in [1.807, 2.05) is 0 Å². The SMILES string of the molecule is CC1(C)C2CCC(O)=CC21[Si](C)(C)C. The molecule has 80 valence electrons. The summed E-state index contributed by atoms with van der Waals surface area (Å²) in [5, 5.41) is 10.1. The second kappa shape index (κ2) is 2.46. The number of rotatable bonds is 1. The van der Waals surface area contributed by atoms with E-state index in [1.54, 1.807) is 0 Å². The summed E-state index contributed by atoms with van der Waals surface area (Å²) in [5.74, 6) is 1.48. The average Bonchev–Trinajstić information content (AvgIpc) is 2.48. The third kappa shape index (κ3) is 0.954. The van der Waals surface area contributed by atoms with E-state index in [-0.39, 0.29) is 0 Å². The summed E-state index contributed by atoms with van der Waals surface area (Å²) in [6.45, 7) is 12.1. The number of hydrogen-bond acceptors (Lipinski definition) is 1. The number of allylic oxidation sites excluding steroid dienone is 2. The lowest BCUT2D eigenvalue weighted by Gasteiger charge is -2.32. The van der Waals surface area contributed by atoms with Crippen LogP contribution in [0.5, 0.6) is 0 Å². The van der Waals surface area contributed by atoms with Gasteiger partial charge in [0.2, 0.25) is 0 Å². The predicted molar refractivity (Wildman–Crippen MR) is 63.3 cm³/mol. The Labute approximate surface area is 88.2 Å². The molecular formula is C12H22OSi. The summed E-state index contributed by atoms with van der Waals surface area (Å²) < 4.78 is 0. The van der Waals surface area contributed by atoms with E-state index in [1.165, 1.54) is 6.42 Å².